The summed E-state index contributed by atoms with van der Waals surface area (Å²) in [6, 6.07) is 9.56. The van der Waals surface area contributed by atoms with Crippen molar-refractivity contribution in [3.63, 3.8) is 0 Å². The number of benzene rings is 1. The van der Waals surface area contributed by atoms with E-state index in [1.165, 1.54) is 12.0 Å². The van der Waals surface area contributed by atoms with Gasteiger partial charge in [0.05, 0.1) is 0 Å². The number of carbonyl (C=O) groups is 2. The van der Waals surface area contributed by atoms with E-state index < -0.39 is 6.17 Å². The minimum atomic E-state index is -0.471. The molecule has 0 N–H and O–H groups in total. The van der Waals surface area contributed by atoms with Crippen molar-refractivity contribution in [1.29, 1.82) is 0 Å². The molecule has 0 saturated carbocycles. The Morgan fingerprint density at radius 2 is 1.95 bits per heavy atom. The number of hydrogen-bond acceptors (Lipinski definition) is 3. The summed E-state index contributed by atoms with van der Waals surface area (Å²) in [4.78, 5) is 31.3. The summed E-state index contributed by atoms with van der Waals surface area (Å²) in [5, 5.41) is 1.32. The Labute approximate surface area is 131 Å². The molecule has 0 spiro atoms. The zero-order valence-corrected chi connectivity index (χ0v) is 13.3. The number of nitrogens with zero attached hydrogens (tertiary/aromatic N) is 2. The van der Waals surface area contributed by atoms with E-state index in [-0.39, 0.29) is 18.4 Å². The second-order valence-corrected chi connectivity index (χ2v) is 5.55. The van der Waals surface area contributed by atoms with E-state index in [1.54, 1.807) is 4.90 Å². The summed E-state index contributed by atoms with van der Waals surface area (Å²) < 4.78 is 0. The van der Waals surface area contributed by atoms with Gasteiger partial charge in [-0.05, 0) is 12.0 Å². The topological polar surface area (TPSA) is 49.9 Å². The van der Waals surface area contributed by atoms with Crippen LogP contribution >= 0.6 is 0 Å². The molecule has 0 bridgehead atoms. The number of carbonyl (C=O) groups excluding carboxylic acids is 2. The molecule has 0 radical (unpaired) electrons. The smallest absolute Gasteiger partial charge is 0.253 e. The van der Waals surface area contributed by atoms with Crippen LogP contribution in [0.3, 0.4) is 0 Å². The number of amides is 2. The quantitative estimate of drug-likeness (QED) is 0.759. The highest BCUT2D eigenvalue weighted by molar-refractivity contribution is 5.81. The van der Waals surface area contributed by atoms with Gasteiger partial charge in [-0.15, -0.1) is 0 Å². The van der Waals surface area contributed by atoms with Crippen molar-refractivity contribution in [3.8, 4) is 0 Å². The Hall–Kier alpha value is -1.88. The summed E-state index contributed by atoms with van der Waals surface area (Å²) in [6.07, 6.45) is 3.86. The Balaban J connectivity index is 2.20. The first-order chi connectivity index (χ1) is 10.6. The first kappa shape index (κ1) is 16.5. The Bertz CT molecular complexity index is 504. The molecule has 2 rings (SSSR count). The van der Waals surface area contributed by atoms with Crippen LogP contribution in [-0.2, 0) is 14.4 Å². The molecule has 1 heterocycles. The van der Waals surface area contributed by atoms with Crippen LogP contribution in [0.15, 0.2) is 30.3 Å². The molecule has 120 valence electrons. The van der Waals surface area contributed by atoms with Gasteiger partial charge in [0.15, 0.2) is 12.8 Å². The standard InChI is InChI=1S/C17H24N2O3/c1-3-4-5-9-12-18-16(21)13-22-19(14(2)20)17(18)15-10-7-6-8-11-15/h6-8,10-11,17H,3-5,9,12-13H2,1-2H3. The minimum absolute atomic E-state index is 0.0668. The van der Waals surface area contributed by atoms with Gasteiger partial charge in [0.2, 0.25) is 5.91 Å². The lowest BCUT2D eigenvalue weighted by Gasteiger charge is -2.42. The Morgan fingerprint density at radius 1 is 1.23 bits per heavy atom. The van der Waals surface area contributed by atoms with Gasteiger partial charge in [-0.1, -0.05) is 56.5 Å². The summed E-state index contributed by atoms with van der Waals surface area (Å²) in [6.45, 7) is 4.19. The lowest BCUT2D eigenvalue weighted by atomic mass is 10.1. The number of hydroxylamine groups is 2. The molecule has 1 aromatic rings. The van der Waals surface area contributed by atoms with Crippen molar-refractivity contribution in [1.82, 2.24) is 9.96 Å². The average molecular weight is 304 g/mol. The maximum absolute atomic E-state index is 12.3. The summed E-state index contributed by atoms with van der Waals surface area (Å²) in [5.74, 6) is -0.261. The van der Waals surface area contributed by atoms with Crippen LogP contribution in [0, 0.1) is 0 Å². The number of rotatable bonds is 6. The van der Waals surface area contributed by atoms with Crippen LogP contribution in [0.4, 0.5) is 0 Å². The fourth-order valence-corrected chi connectivity index (χ4v) is 2.70. The lowest BCUT2D eigenvalue weighted by molar-refractivity contribution is -0.242. The number of hydrogen-bond donors (Lipinski definition) is 0. The monoisotopic (exact) mass is 304 g/mol. The third-order valence-electron chi connectivity index (χ3n) is 3.83. The second kappa shape index (κ2) is 7.94. The Morgan fingerprint density at radius 3 is 2.59 bits per heavy atom. The molecule has 0 aliphatic carbocycles. The molecular weight excluding hydrogens is 280 g/mol. The van der Waals surface area contributed by atoms with Crippen LogP contribution < -0.4 is 0 Å². The second-order valence-electron chi connectivity index (χ2n) is 5.55. The van der Waals surface area contributed by atoms with E-state index in [2.05, 4.69) is 6.92 Å². The van der Waals surface area contributed by atoms with E-state index in [9.17, 15) is 9.59 Å². The highest BCUT2D eigenvalue weighted by atomic mass is 16.7. The van der Waals surface area contributed by atoms with Crippen molar-refractivity contribution in [2.75, 3.05) is 13.2 Å². The summed E-state index contributed by atoms with van der Waals surface area (Å²) >= 11 is 0. The van der Waals surface area contributed by atoms with Crippen LogP contribution in [0.2, 0.25) is 0 Å². The van der Waals surface area contributed by atoms with Crippen molar-refractivity contribution >= 4 is 11.8 Å². The van der Waals surface area contributed by atoms with Gasteiger partial charge < -0.3 is 4.90 Å². The van der Waals surface area contributed by atoms with Crippen LogP contribution in [0.25, 0.3) is 0 Å². The van der Waals surface area contributed by atoms with Gasteiger partial charge in [0.1, 0.15) is 0 Å². The van der Waals surface area contributed by atoms with Gasteiger partial charge >= 0.3 is 0 Å². The van der Waals surface area contributed by atoms with Gasteiger partial charge in [-0.25, -0.2) is 0 Å². The maximum Gasteiger partial charge on any atom is 0.253 e. The van der Waals surface area contributed by atoms with Crippen molar-refractivity contribution in [2.24, 2.45) is 0 Å². The summed E-state index contributed by atoms with van der Waals surface area (Å²) in [5.41, 5.74) is 0.890. The molecule has 0 aromatic heterocycles. The van der Waals surface area contributed by atoms with Gasteiger partial charge in [-0.3, -0.25) is 14.4 Å². The zero-order chi connectivity index (χ0) is 15.9. The van der Waals surface area contributed by atoms with Crippen LogP contribution in [0.5, 0.6) is 0 Å². The average Bonchev–Trinajstić information content (AvgIpc) is 2.53. The Kier molecular flexibility index (Phi) is 5.95. The largest absolute Gasteiger partial charge is 0.314 e. The van der Waals surface area contributed by atoms with Gasteiger partial charge in [0.25, 0.3) is 5.91 Å². The summed E-state index contributed by atoms with van der Waals surface area (Å²) in [7, 11) is 0. The van der Waals surface area contributed by atoms with Gasteiger partial charge in [-0.2, -0.15) is 5.06 Å². The molecule has 1 aliphatic rings. The van der Waals surface area contributed by atoms with E-state index >= 15 is 0 Å². The van der Waals surface area contributed by atoms with Crippen molar-refractivity contribution < 1.29 is 14.4 Å². The molecule has 1 atom stereocenters. The highest BCUT2D eigenvalue weighted by Gasteiger charge is 2.37. The van der Waals surface area contributed by atoms with Gasteiger partial charge in [0, 0.05) is 13.5 Å². The molecule has 2 amide bonds. The maximum atomic E-state index is 12.3. The highest BCUT2D eigenvalue weighted by Crippen LogP contribution is 2.29. The first-order valence-electron chi connectivity index (χ1n) is 7.92. The number of unbranched alkanes of at least 4 members (excludes halogenated alkanes) is 3. The molecule has 1 saturated heterocycles. The first-order valence-corrected chi connectivity index (χ1v) is 7.92. The fraction of sp³-hybridized carbons (Fsp3) is 0.529. The van der Waals surface area contributed by atoms with Crippen molar-refractivity contribution in [2.45, 2.75) is 45.7 Å². The molecule has 5 heteroatoms. The van der Waals surface area contributed by atoms with E-state index in [0.29, 0.717) is 6.54 Å². The molecule has 5 nitrogen and oxygen atoms in total. The fourth-order valence-electron chi connectivity index (χ4n) is 2.70. The van der Waals surface area contributed by atoms with Crippen molar-refractivity contribution in [3.05, 3.63) is 35.9 Å². The molecular formula is C17H24N2O3. The minimum Gasteiger partial charge on any atom is -0.314 e. The third-order valence-corrected chi connectivity index (χ3v) is 3.83. The predicted molar refractivity (Wildman–Crippen MR) is 83.5 cm³/mol. The SMILES string of the molecule is CCCCCCN1C(=O)CON(C(C)=O)C1c1ccccc1. The molecule has 1 fully saturated rings. The molecule has 22 heavy (non-hydrogen) atoms. The molecule has 1 unspecified atom stereocenters. The normalized spacial score (nSPS) is 18.6. The van der Waals surface area contributed by atoms with E-state index in [0.717, 1.165) is 31.2 Å². The van der Waals surface area contributed by atoms with Crippen LogP contribution in [0.1, 0.15) is 51.3 Å². The van der Waals surface area contributed by atoms with Crippen LogP contribution in [-0.4, -0.2) is 34.9 Å². The van der Waals surface area contributed by atoms with E-state index in [4.69, 9.17) is 4.84 Å². The third kappa shape index (κ3) is 3.85. The lowest BCUT2D eigenvalue weighted by Crippen LogP contribution is -2.53. The van der Waals surface area contributed by atoms with E-state index in [1.807, 2.05) is 30.3 Å². The predicted octanol–water partition coefficient (Wildman–Crippen LogP) is 2.89. The molecule has 1 aromatic carbocycles. The molecule has 1 aliphatic heterocycles. The zero-order valence-electron chi connectivity index (χ0n) is 13.3.